The molecule has 1 aliphatic heterocycles. The van der Waals surface area contributed by atoms with Crippen LogP contribution in [0.3, 0.4) is 0 Å². The zero-order chi connectivity index (χ0) is 13.7. The van der Waals surface area contributed by atoms with Crippen molar-refractivity contribution in [2.45, 2.75) is 71.4 Å². The molecule has 0 amide bonds. The van der Waals surface area contributed by atoms with Gasteiger partial charge in [0.25, 0.3) is 0 Å². The molecule has 1 saturated heterocycles. The maximum atomic E-state index is 3.90. The first-order valence-corrected chi connectivity index (χ1v) is 8.41. The first kappa shape index (κ1) is 13.9. The Morgan fingerprint density at radius 1 is 1.21 bits per heavy atom. The van der Waals surface area contributed by atoms with Crippen LogP contribution in [0.5, 0.6) is 0 Å². The molecule has 1 heterocycles. The Kier molecular flexibility index (Phi) is 3.46. The van der Waals surface area contributed by atoms with Crippen molar-refractivity contribution in [2.75, 3.05) is 19.6 Å². The minimum absolute atomic E-state index is 0.394. The fourth-order valence-electron chi connectivity index (χ4n) is 4.32. The van der Waals surface area contributed by atoms with Gasteiger partial charge < -0.3 is 5.32 Å². The van der Waals surface area contributed by atoms with Gasteiger partial charge in [-0.3, -0.25) is 4.90 Å². The van der Waals surface area contributed by atoms with Crippen molar-refractivity contribution in [1.82, 2.24) is 10.2 Å². The molecule has 110 valence electrons. The van der Waals surface area contributed by atoms with Gasteiger partial charge in [-0.15, -0.1) is 0 Å². The van der Waals surface area contributed by atoms with Crippen molar-refractivity contribution >= 4 is 0 Å². The lowest BCUT2D eigenvalue weighted by atomic mass is 9.69. The van der Waals surface area contributed by atoms with Crippen LogP contribution in [0.25, 0.3) is 0 Å². The monoisotopic (exact) mass is 264 g/mol. The van der Waals surface area contributed by atoms with E-state index in [1.54, 1.807) is 0 Å². The molecule has 0 aromatic rings. The van der Waals surface area contributed by atoms with Crippen LogP contribution in [0.15, 0.2) is 0 Å². The van der Waals surface area contributed by atoms with E-state index in [4.69, 9.17) is 0 Å². The van der Waals surface area contributed by atoms with Crippen LogP contribution < -0.4 is 5.32 Å². The lowest BCUT2D eigenvalue weighted by molar-refractivity contribution is -0.00314. The van der Waals surface area contributed by atoms with Gasteiger partial charge in [0, 0.05) is 31.2 Å². The summed E-state index contributed by atoms with van der Waals surface area (Å²) in [6.45, 7) is 13.6. The SMILES string of the molecule is CC(C)C1CNC(C)(C2CC2)CN1CC1(C)CCC1. The zero-order valence-corrected chi connectivity index (χ0v) is 13.3. The lowest BCUT2D eigenvalue weighted by Gasteiger charge is -2.52. The summed E-state index contributed by atoms with van der Waals surface area (Å²) >= 11 is 0. The van der Waals surface area contributed by atoms with E-state index in [0.29, 0.717) is 11.0 Å². The van der Waals surface area contributed by atoms with Gasteiger partial charge in [0.2, 0.25) is 0 Å². The van der Waals surface area contributed by atoms with Crippen LogP contribution in [0.1, 0.15) is 59.8 Å². The van der Waals surface area contributed by atoms with Crippen LogP contribution in [-0.4, -0.2) is 36.1 Å². The Balaban J connectivity index is 1.70. The van der Waals surface area contributed by atoms with Gasteiger partial charge in [-0.2, -0.15) is 0 Å². The van der Waals surface area contributed by atoms with Crippen LogP contribution >= 0.6 is 0 Å². The first-order valence-electron chi connectivity index (χ1n) is 8.41. The number of nitrogens with zero attached hydrogens (tertiary/aromatic N) is 1. The fourth-order valence-corrected chi connectivity index (χ4v) is 4.32. The fraction of sp³-hybridized carbons (Fsp3) is 1.00. The van der Waals surface area contributed by atoms with Gasteiger partial charge in [-0.25, -0.2) is 0 Å². The van der Waals surface area contributed by atoms with Crippen molar-refractivity contribution in [2.24, 2.45) is 17.3 Å². The number of hydrogen-bond donors (Lipinski definition) is 1. The Labute approximate surface area is 119 Å². The highest BCUT2D eigenvalue weighted by Gasteiger charge is 2.48. The Morgan fingerprint density at radius 3 is 2.37 bits per heavy atom. The molecular formula is C17H32N2. The van der Waals surface area contributed by atoms with E-state index in [0.717, 1.165) is 17.9 Å². The standard InChI is InChI=1S/C17H32N2/c1-13(2)15-10-18-17(4,14-6-7-14)12-19(15)11-16(3)8-5-9-16/h13-15,18H,5-12H2,1-4H3. The minimum Gasteiger partial charge on any atom is -0.308 e. The van der Waals surface area contributed by atoms with Gasteiger partial charge in [0.05, 0.1) is 0 Å². The largest absolute Gasteiger partial charge is 0.308 e. The quantitative estimate of drug-likeness (QED) is 0.838. The molecule has 2 unspecified atom stereocenters. The van der Waals surface area contributed by atoms with E-state index in [9.17, 15) is 0 Å². The molecule has 2 nitrogen and oxygen atoms in total. The molecule has 2 heteroatoms. The van der Waals surface area contributed by atoms with Crippen LogP contribution in [-0.2, 0) is 0 Å². The highest BCUT2D eigenvalue weighted by Crippen LogP contribution is 2.45. The van der Waals surface area contributed by atoms with Crippen molar-refractivity contribution in [3.63, 3.8) is 0 Å². The number of piperazine rings is 1. The molecule has 2 aliphatic carbocycles. The van der Waals surface area contributed by atoms with Gasteiger partial charge in [0.1, 0.15) is 0 Å². The second-order valence-electron chi connectivity index (χ2n) is 8.45. The normalized spacial score (nSPS) is 39.3. The summed E-state index contributed by atoms with van der Waals surface area (Å²) in [5.74, 6) is 1.71. The average molecular weight is 264 g/mol. The summed E-state index contributed by atoms with van der Waals surface area (Å²) in [5, 5.41) is 3.90. The van der Waals surface area contributed by atoms with Gasteiger partial charge in [0.15, 0.2) is 0 Å². The molecule has 19 heavy (non-hydrogen) atoms. The van der Waals surface area contributed by atoms with E-state index < -0.39 is 0 Å². The summed E-state index contributed by atoms with van der Waals surface area (Å²) in [6.07, 6.45) is 7.24. The van der Waals surface area contributed by atoms with Gasteiger partial charge >= 0.3 is 0 Å². The molecule has 2 atom stereocenters. The summed E-state index contributed by atoms with van der Waals surface area (Å²) in [5.41, 5.74) is 1.01. The molecule has 2 saturated carbocycles. The minimum atomic E-state index is 0.394. The predicted octanol–water partition coefficient (Wildman–Crippen LogP) is 3.28. The summed E-state index contributed by atoms with van der Waals surface area (Å²) in [6, 6.07) is 0.740. The third-order valence-electron chi connectivity index (χ3n) is 6.11. The number of nitrogens with one attached hydrogen (secondary N) is 1. The second-order valence-corrected chi connectivity index (χ2v) is 8.45. The van der Waals surface area contributed by atoms with Crippen LogP contribution in [0, 0.1) is 17.3 Å². The van der Waals surface area contributed by atoms with Crippen LogP contribution in [0.2, 0.25) is 0 Å². The highest BCUT2D eigenvalue weighted by atomic mass is 15.3. The first-order chi connectivity index (χ1) is 8.92. The molecule has 3 aliphatic rings. The molecule has 0 radical (unpaired) electrons. The Bertz CT molecular complexity index is 330. The molecule has 1 N–H and O–H groups in total. The molecule has 0 aromatic carbocycles. The maximum absolute atomic E-state index is 3.90. The van der Waals surface area contributed by atoms with E-state index in [-0.39, 0.29) is 0 Å². The molecule has 3 rings (SSSR count). The predicted molar refractivity (Wildman–Crippen MR) is 81.3 cm³/mol. The lowest BCUT2D eigenvalue weighted by Crippen LogP contribution is -2.66. The van der Waals surface area contributed by atoms with E-state index in [2.05, 4.69) is 37.9 Å². The molecular weight excluding hydrogens is 232 g/mol. The number of hydrogen-bond acceptors (Lipinski definition) is 2. The molecule has 0 bridgehead atoms. The van der Waals surface area contributed by atoms with Crippen molar-refractivity contribution in [1.29, 1.82) is 0 Å². The average Bonchev–Trinajstić information content (AvgIpc) is 3.10. The third kappa shape index (κ3) is 2.71. The van der Waals surface area contributed by atoms with Crippen LogP contribution in [0.4, 0.5) is 0 Å². The van der Waals surface area contributed by atoms with Crippen molar-refractivity contribution in [3.8, 4) is 0 Å². The third-order valence-corrected chi connectivity index (χ3v) is 6.11. The Morgan fingerprint density at radius 2 is 1.89 bits per heavy atom. The van der Waals surface area contributed by atoms with E-state index >= 15 is 0 Å². The summed E-state index contributed by atoms with van der Waals surface area (Å²) in [4.78, 5) is 2.85. The summed E-state index contributed by atoms with van der Waals surface area (Å²) in [7, 11) is 0. The van der Waals surface area contributed by atoms with Gasteiger partial charge in [-0.1, -0.05) is 27.2 Å². The Hall–Kier alpha value is -0.0800. The summed E-state index contributed by atoms with van der Waals surface area (Å²) < 4.78 is 0. The van der Waals surface area contributed by atoms with E-state index in [1.165, 1.54) is 51.7 Å². The van der Waals surface area contributed by atoms with Gasteiger partial charge in [-0.05, 0) is 49.9 Å². The highest BCUT2D eigenvalue weighted by molar-refractivity contribution is 5.05. The van der Waals surface area contributed by atoms with Crippen molar-refractivity contribution < 1.29 is 0 Å². The topological polar surface area (TPSA) is 15.3 Å². The smallest absolute Gasteiger partial charge is 0.0309 e. The molecule has 0 spiro atoms. The zero-order valence-electron chi connectivity index (χ0n) is 13.3. The maximum Gasteiger partial charge on any atom is 0.0309 e. The van der Waals surface area contributed by atoms with E-state index in [1.807, 2.05) is 0 Å². The number of rotatable bonds is 4. The van der Waals surface area contributed by atoms with Crippen molar-refractivity contribution in [3.05, 3.63) is 0 Å². The molecule has 0 aromatic heterocycles. The second kappa shape index (κ2) is 4.73. The molecule has 3 fully saturated rings.